The number of amides is 1. The summed E-state index contributed by atoms with van der Waals surface area (Å²) in [5.41, 5.74) is 0.552. The summed E-state index contributed by atoms with van der Waals surface area (Å²) < 4.78 is 0. The minimum Gasteiger partial charge on any atom is -0.378 e. The number of rotatable bonds is 5. The second kappa shape index (κ2) is 6.62. The molecule has 1 unspecified atom stereocenters. The lowest BCUT2D eigenvalue weighted by atomic mass is 10.1. The molecule has 0 radical (unpaired) electrons. The van der Waals surface area contributed by atoms with E-state index < -0.39 is 6.10 Å². The Labute approximate surface area is 107 Å². The average molecular weight is 256 g/mol. The van der Waals surface area contributed by atoms with E-state index in [9.17, 15) is 9.90 Å². The van der Waals surface area contributed by atoms with E-state index in [4.69, 9.17) is 11.6 Å². The van der Waals surface area contributed by atoms with E-state index in [2.05, 4.69) is 19.2 Å². The summed E-state index contributed by atoms with van der Waals surface area (Å²) in [5.74, 6) is 0.163. The SMILES string of the molecule is CC(C)CCNC(=O)C(O)c1ccc(Cl)cc1. The fourth-order valence-corrected chi connectivity index (χ4v) is 1.50. The van der Waals surface area contributed by atoms with Crippen molar-refractivity contribution in [3.8, 4) is 0 Å². The predicted molar refractivity (Wildman–Crippen MR) is 68.9 cm³/mol. The van der Waals surface area contributed by atoms with Crippen molar-refractivity contribution < 1.29 is 9.90 Å². The van der Waals surface area contributed by atoms with E-state index in [0.29, 0.717) is 23.0 Å². The number of hydrogen-bond acceptors (Lipinski definition) is 2. The summed E-state index contributed by atoms with van der Waals surface area (Å²) in [6, 6.07) is 6.60. The van der Waals surface area contributed by atoms with Crippen LogP contribution in [-0.4, -0.2) is 17.6 Å². The van der Waals surface area contributed by atoms with Crippen molar-refractivity contribution in [2.75, 3.05) is 6.54 Å². The van der Waals surface area contributed by atoms with Crippen LogP contribution in [0.4, 0.5) is 0 Å². The van der Waals surface area contributed by atoms with Gasteiger partial charge in [-0.3, -0.25) is 4.79 Å². The van der Waals surface area contributed by atoms with Crippen LogP contribution < -0.4 is 5.32 Å². The van der Waals surface area contributed by atoms with Crippen LogP contribution in [0, 0.1) is 5.92 Å². The number of aliphatic hydroxyl groups excluding tert-OH is 1. The largest absolute Gasteiger partial charge is 0.378 e. The van der Waals surface area contributed by atoms with Crippen molar-refractivity contribution in [2.45, 2.75) is 26.4 Å². The van der Waals surface area contributed by atoms with E-state index >= 15 is 0 Å². The first-order valence-corrected chi connectivity index (χ1v) is 6.09. The Bertz CT molecular complexity index is 362. The zero-order chi connectivity index (χ0) is 12.8. The summed E-state index contributed by atoms with van der Waals surface area (Å²) >= 11 is 5.73. The van der Waals surface area contributed by atoms with E-state index in [1.807, 2.05) is 0 Å². The monoisotopic (exact) mass is 255 g/mol. The molecule has 94 valence electrons. The quantitative estimate of drug-likeness (QED) is 0.850. The first kappa shape index (κ1) is 14.0. The molecule has 17 heavy (non-hydrogen) atoms. The van der Waals surface area contributed by atoms with E-state index in [1.165, 1.54) is 0 Å². The molecule has 0 saturated heterocycles. The van der Waals surface area contributed by atoms with Gasteiger partial charge in [0.2, 0.25) is 0 Å². The van der Waals surface area contributed by atoms with Gasteiger partial charge in [-0.2, -0.15) is 0 Å². The van der Waals surface area contributed by atoms with Crippen LogP contribution in [-0.2, 0) is 4.79 Å². The van der Waals surface area contributed by atoms with E-state index in [0.717, 1.165) is 6.42 Å². The minimum absolute atomic E-state index is 0.368. The molecule has 1 rings (SSSR count). The molecule has 0 aliphatic rings. The Balaban J connectivity index is 2.49. The van der Waals surface area contributed by atoms with Crippen LogP contribution in [0.5, 0.6) is 0 Å². The van der Waals surface area contributed by atoms with Gasteiger partial charge in [-0.25, -0.2) is 0 Å². The second-order valence-electron chi connectivity index (χ2n) is 4.43. The molecule has 1 amide bonds. The smallest absolute Gasteiger partial charge is 0.253 e. The third-order valence-electron chi connectivity index (χ3n) is 2.46. The number of carbonyl (C=O) groups excluding carboxylic acids is 1. The van der Waals surface area contributed by atoms with Crippen molar-refractivity contribution in [2.24, 2.45) is 5.92 Å². The molecule has 2 N–H and O–H groups in total. The Morgan fingerprint density at radius 1 is 1.35 bits per heavy atom. The zero-order valence-electron chi connectivity index (χ0n) is 10.1. The maximum atomic E-state index is 11.6. The van der Waals surface area contributed by atoms with Crippen LogP contribution in [0.25, 0.3) is 0 Å². The molecular formula is C13H18ClNO2. The first-order chi connectivity index (χ1) is 8.00. The molecule has 0 heterocycles. The third kappa shape index (κ3) is 4.75. The maximum Gasteiger partial charge on any atom is 0.253 e. The van der Waals surface area contributed by atoms with Gasteiger partial charge in [-0.15, -0.1) is 0 Å². The lowest BCUT2D eigenvalue weighted by Crippen LogP contribution is -2.30. The molecule has 1 aromatic carbocycles. The Morgan fingerprint density at radius 2 is 1.94 bits per heavy atom. The van der Waals surface area contributed by atoms with Crippen LogP contribution >= 0.6 is 11.6 Å². The van der Waals surface area contributed by atoms with Crippen molar-refractivity contribution >= 4 is 17.5 Å². The van der Waals surface area contributed by atoms with Crippen LogP contribution in [0.2, 0.25) is 5.02 Å². The Kier molecular flexibility index (Phi) is 5.45. The molecule has 1 aromatic rings. The molecule has 3 nitrogen and oxygen atoms in total. The predicted octanol–water partition coefficient (Wildman–Crippen LogP) is 2.54. The molecule has 0 aliphatic heterocycles. The highest BCUT2D eigenvalue weighted by Gasteiger charge is 2.16. The topological polar surface area (TPSA) is 49.3 Å². The third-order valence-corrected chi connectivity index (χ3v) is 2.71. The van der Waals surface area contributed by atoms with Gasteiger partial charge in [0.1, 0.15) is 0 Å². The molecular weight excluding hydrogens is 238 g/mol. The minimum atomic E-state index is -1.13. The fraction of sp³-hybridized carbons (Fsp3) is 0.462. The van der Waals surface area contributed by atoms with Crippen molar-refractivity contribution in [1.29, 1.82) is 0 Å². The number of carbonyl (C=O) groups is 1. The van der Waals surface area contributed by atoms with E-state index in [-0.39, 0.29) is 5.91 Å². The molecule has 1 atom stereocenters. The molecule has 0 bridgehead atoms. The summed E-state index contributed by atoms with van der Waals surface area (Å²) in [5, 5.41) is 13.1. The van der Waals surface area contributed by atoms with Gasteiger partial charge in [0.25, 0.3) is 5.91 Å². The van der Waals surface area contributed by atoms with Crippen molar-refractivity contribution in [3.63, 3.8) is 0 Å². The van der Waals surface area contributed by atoms with Crippen molar-refractivity contribution in [1.82, 2.24) is 5.32 Å². The van der Waals surface area contributed by atoms with Gasteiger partial charge < -0.3 is 10.4 Å². The fourth-order valence-electron chi connectivity index (χ4n) is 1.38. The van der Waals surface area contributed by atoms with Gasteiger partial charge in [0.05, 0.1) is 0 Å². The molecule has 0 aromatic heterocycles. The molecule has 0 aliphatic carbocycles. The highest BCUT2D eigenvalue weighted by molar-refractivity contribution is 6.30. The van der Waals surface area contributed by atoms with Gasteiger partial charge in [-0.1, -0.05) is 37.6 Å². The van der Waals surface area contributed by atoms with Gasteiger partial charge in [0.15, 0.2) is 6.10 Å². The first-order valence-electron chi connectivity index (χ1n) is 5.72. The standard InChI is InChI=1S/C13H18ClNO2/c1-9(2)7-8-15-13(17)12(16)10-3-5-11(14)6-4-10/h3-6,9,12,16H,7-8H2,1-2H3,(H,15,17). The highest BCUT2D eigenvalue weighted by Crippen LogP contribution is 2.16. The van der Waals surface area contributed by atoms with E-state index in [1.54, 1.807) is 24.3 Å². The van der Waals surface area contributed by atoms with Gasteiger partial charge >= 0.3 is 0 Å². The number of halogens is 1. The van der Waals surface area contributed by atoms with Crippen molar-refractivity contribution in [3.05, 3.63) is 34.9 Å². The second-order valence-corrected chi connectivity index (χ2v) is 4.86. The highest BCUT2D eigenvalue weighted by atomic mass is 35.5. The number of nitrogens with one attached hydrogen (secondary N) is 1. The molecule has 4 heteroatoms. The number of aliphatic hydroxyl groups is 1. The lowest BCUT2D eigenvalue weighted by molar-refractivity contribution is -0.129. The lowest BCUT2D eigenvalue weighted by Gasteiger charge is -2.12. The summed E-state index contributed by atoms with van der Waals surface area (Å²) in [4.78, 5) is 11.6. The molecule has 0 spiro atoms. The van der Waals surface area contributed by atoms with Crippen LogP contribution in [0.15, 0.2) is 24.3 Å². The molecule has 0 saturated carbocycles. The van der Waals surface area contributed by atoms with Crippen LogP contribution in [0.1, 0.15) is 31.9 Å². The maximum absolute atomic E-state index is 11.6. The Morgan fingerprint density at radius 3 is 2.47 bits per heavy atom. The zero-order valence-corrected chi connectivity index (χ0v) is 10.9. The number of benzene rings is 1. The molecule has 0 fully saturated rings. The number of hydrogen-bond donors (Lipinski definition) is 2. The van der Waals surface area contributed by atoms with Gasteiger partial charge in [-0.05, 0) is 30.0 Å². The average Bonchev–Trinajstić information content (AvgIpc) is 2.28. The normalized spacial score (nSPS) is 12.5. The summed E-state index contributed by atoms with van der Waals surface area (Å²) in [6.45, 7) is 4.75. The summed E-state index contributed by atoms with van der Waals surface area (Å²) in [6.07, 6.45) is -0.224. The van der Waals surface area contributed by atoms with Gasteiger partial charge in [0, 0.05) is 11.6 Å². The summed E-state index contributed by atoms with van der Waals surface area (Å²) in [7, 11) is 0. The van der Waals surface area contributed by atoms with Crippen LogP contribution in [0.3, 0.4) is 0 Å². The Hall–Kier alpha value is -1.06.